The molecule has 0 saturated carbocycles. The molecular weight excluding hydrogens is 306 g/mol. The molecule has 0 spiro atoms. The average Bonchev–Trinajstić information content (AvgIpc) is 2.28. The number of rotatable bonds is 5. The zero-order chi connectivity index (χ0) is 13.1. The third-order valence-electron chi connectivity index (χ3n) is 2.36. The van der Waals surface area contributed by atoms with Gasteiger partial charge < -0.3 is 5.73 Å². The van der Waals surface area contributed by atoms with Crippen LogP contribution in [0.25, 0.3) is 0 Å². The summed E-state index contributed by atoms with van der Waals surface area (Å²) >= 11 is 3.19. The summed E-state index contributed by atoms with van der Waals surface area (Å²) in [7, 11) is -2.00. The van der Waals surface area contributed by atoms with Crippen LogP contribution in [0.5, 0.6) is 0 Å². The van der Waals surface area contributed by atoms with Crippen LogP contribution in [0.15, 0.2) is 21.6 Å². The summed E-state index contributed by atoms with van der Waals surface area (Å²) in [6.07, 6.45) is 3.23. The SMILES string of the molecule is CCCCN(C)S(=O)(=O)c1cc(Br)cnc1N. The van der Waals surface area contributed by atoms with Gasteiger partial charge in [-0.05, 0) is 28.4 Å². The molecule has 0 bridgehead atoms. The third-order valence-corrected chi connectivity index (χ3v) is 4.68. The summed E-state index contributed by atoms with van der Waals surface area (Å²) in [5.41, 5.74) is 5.60. The van der Waals surface area contributed by atoms with Crippen LogP contribution in [0.3, 0.4) is 0 Å². The summed E-state index contributed by atoms with van der Waals surface area (Å²) in [5.74, 6) is 0.0246. The molecule has 0 radical (unpaired) electrons. The third kappa shape index (κ3) is 3.40. The molecule has 1 heterocycles. The number of nitrogens with two attached hydrogens (primary N) is 1. The number of anilines is 1. The molecule has 0 aromatic carbocycles. The van der Waals surface area contributed by atoms with E-state index in [0.717, 1.165) is 12.8 Å². The Balaban J connectivity index is 3.08. The number of nitrogen functional groups attached to an aromatic ring is 1. The van der Waals surface area contributed by atoms with E-state index in [9.17, 15) is 8.42 Å². The van der Waals surface area contributed by atoms with Crippen molar-refractivity contribution < 1.29 is 8.42 Å². The first-order chi connectivity index (χ1) is 7.89. The normalized spacial score (nSPS) is 12.0. The fourth-order valence-corrected chi connectivity index (χ4v) is 3.09. The fourth-order valence-electron chi connectivity index (χ4n) is 1.31. The number of aromatic nitrogens is 1. The number of hydrogen-bond donors (Lipinski definition) is 1. The first kappa shape index (κ1) is 14.4. The van der Waals surface area contributed by atoms with Gasteiger partial charge in [0.1, 0.15) is 10.7 Å². The average molecular weight is 322 g/mol. The van der Waals surface area contributed by atoms with Gasteiger partial charge in [0.15, 0.2) is 0 Å². The van der Waals surface area contributed by atoms with Gasteiger partial charge in [-0.25, -0.2) is 17.7 Å². The van der Waals surface area contributed by atoms with Crippen molar-refractivity contribution >= 4 is 31.8 Å². The Morgan fingerprint density at radius 2 is 2.18 bits per heavy atom. The van der Waals surface area contributed by atoms with Crippen molar-refractivity contribution in [1.82, 2.24) is 9.29 Å². The molecular formula is C10H16BrN3O2S. The van der Waals surface area contributed by atoms with Crippen molar-refractivity contribution in [3.8, 4) is 0 Å². The van der Waals surface area contributed by atoms with E-state index in [1.54, 1.807) is 7.05 Å². The molecule has 17 heavy (non-hydrogen) atoms. The maximum absolute atomic E-state index is 12.2. The smallest absolute Gasteiger partial charge is 0.246 e. The highest BCUT2D eigenvalue weighted by molar-refractivity contribution is 9.10. The van der Waals surface area contributed by atoms with Gasteiger partial charge in [-0.15, -0.1) is 0 Å². The molecule has 0 unspecified atom stereocenters. The first-order valence-corrected chi connectivity index (χ1v) is 7.50. The van der Waals surface area contributed by atoms with E-state index in [-0.39, 0.29) is 10.7 Å². The van der Waals surface area contributed by atoms with Crippen LogP contribution in [0, 0.1) is 0 Å². The molecule has 0 amide bonds. The highest BCUT2D eigenvalue weighted by Gasteiger charge is 2.23. The lowest BCUT2D eigenvalue weighted by Gasteiger charge is -2.17. The Hall–Kier alpha value is -0.660. The van der Waals surface area contributed by atoms with E-state index in [4.69, 9.17) is 5.73 Å². The van der Waals surface area contributed by atoms with E-state index in [1.807, 2.05) is 6.92 Å². The second-order valence-electron chi connectivity index (χ2n) is 3.72. The number of hydrogen-bond acceptors (Lipinski definition) is 4. The van der Waals surface area contributed by atoms with Crippen LogP contribution in [0.4, 0.5) is 5.82 Å². The highest BCUT2D eigenvalue weighted by atomic mass is 79.9. The predicted molar refractivity (Wildman–Crippen MR) is 71.1 cm³/mol. The highest BCUT2D eigenvalue weighted by Crippen LogP contribution is 2.23. The van der Waals surface area contributed by atoms with E-state index in [1.165, 1.54) is 16.6 Å². The van der Waals surface area contributed by atoms with E-state index >= 15 is 0 Å². The minimum Gasteiger partial charge on any atom is -0.383 e. The van der Waals surface area contributed by atoms with Crippen molar-refractivity contribution in [3.63, 3.8) is 0 Å². The van der Waals surface area contributed by atoms with Crippen LogP contribution >= 0.6 is 15.9 Å². The van der Waals surface area contributed by atoms with Gasteiger partial charge in [-0.1, -0.05) is 13.3 Å². The van der Waals surface area contributed by atoms with Gasteiger partial charge in [0.05, 0.1) is 0 Å². The van der Waals surface area contributed by atoms with E-state index < -0.39 is 10.0 Å². The standard InChI is InChI=1S/C10H16BrN3O2S/c1-3-4-5-14(2)17(15,16)9-6-8(11)7-13-10(9)12/h6-7H,3-5H2,1-2H3,(H2,12,13). The van der Waals surface area contributed by atoms with Crippen LogP contribution in [-0.4, -0.2) is 31.3 Å². The Morgan fingerprint density at radius 1 is 1.53 bits per heavy atom. The van der Waals surface area contributed by atoms with Gasteiger partial charge in [-0.2, -0.15) is 0 Å². The maximum atomic E-state index is 12.2. The summed E-state index contributed by atoms with van der Waals surface area (Å²) in [6, 6.07) is 1.47. The summed E-state index contributed by atoms with van der Waals surface area (Å²) in [6.45, 7) is 2.49. The van der Waals surface area contributed by atoms with Crippen LogP contribution in [-0.2, 0) is 10.0 Å². The lowest BCUT2D eigenvalue weighted by Crippen LogP contribution is -2.28. The van der Waals surface area contributed by atoms with Gasteiger partial charge in [-0.3, -0.25) is 0 Å². The molecule has 96 valence electrons. The van der Waals surface area contributed by atoms with Crippen molar-refractivity contribution in [2.24, 2.45) is 0 Å². The molecule has 0 saturated heterocycles. The van der Waals surface area contributed by atoms with Crippen molar-refractivity contribution in [2.75, 3.05) is 19.3 Å². The second-order valence-corrected chi connectivity index (χ2v) is 6.65. The maximum Gasteiger partial charge on any atom is 0.246 e. The molecule has 0 atom stereocenters. The predicted octanol–water partition coefficient (Wildman–Crippen LogP) is 1.85. The van der Waals surface area contributed by atoms with Crippen molar-refractivity contribution in [3.05, 3.63) is 16.7 Å². The number of sulfonamides is 1. The lowest BCUT2D eigenvalue weighted by atomic mass is 10.3. The molecule has 1 aromatic heterocycles. The molecule has 1 aromatic rings. The lowest BCUT2D eigenvalue weighted by molar-refractivity contribution is 0.459. The zero-order valence-electron chi connectivity index (χ0n) is 9.85. The number of nitrogens with zero attached hydrogens (tertiary/aromatic N) is 2. The number of pyridine rings is 1. The molecule has 0 aliphatic heterocycles. The van der Waals surface area contributed by atoms with Crippen LogP contribution in [0.2, 0.25) is 0 Å². The monoisotopic (exact) mass is 321 g/mol. The summed E-state index contributed by atoms with van der Waals surface area (Å²) < 4.78 is 26.3. The van der Waals surface area contributed by atoms with Gasteiger partial charge in [0.25, 0.3) is 0 Å². The topological polar surface area (TPSA) is 76.3 Å². The zero-order valence-corrected chi connectivity index (χ0v) is 12.3. The first-order valence-electron chi connectivity index (χ1n) is 5.27. The minimum atomic E-state index is -3.55. The largest absolute Gasteiger partial charge is 0.383 e. The summed E-state index contributed by atoms with van der Waals surface area (Å²) in [4.78, 5) is 3.88. The Kier molecular flexibility index (Phi) is 4.91. The van der Waals surface area contributed by atoms with Crippen LogP contribution in [0.1, 0.15) is 19.8 Å². The molecule has 1 rings (SSSR count). The molecule has 0 aliphatic carbocycles. The Bertz CT molecular complexity index is 490. The Morgan fingerprint density at radius 3 is 2.76 bits per heavy atom. The fraction of sp³-hybridized carbons (Fsp3) is 0.500. The van der Waals surface area contributed by atoms with Gasteiger partial charge in [0.2, 0.25) is 10.0 Å². The summed E-state index contributed by atoms with van der Waals surface area (Å²) in [5, 5.41) is 0. The van der Waals surface area contributed by atoms with Gasteiger partial charge >= 0.3 is 0 Å². The van der Waals surface area contributed by atoms with E-state index in [0.29, 0.717) is 11.0 Å². The molecule has 7 heteroatoms. The van der Waals surface area contributed by atoms with E-state index in [2.05, 4.69) is 20.9 Å². The second kappa shape index (κ2) is 5.79. The number of unbranched alkanes of at least 4 members (excludes halogenated alkanes) is 1. The van der Waals surface area contributed by atoms with Crippen molar-refractivity contribution in [2.45, 2.75) is 24.7 Å². The Labute approximate surface area is 110 Å². The minimum absolute atomic E-state index is 0.0246. The molecule has 0 aliphatic rings. The number of halogens is 1. The van der Waals surface area contributed by atoms with Gasteiger partial charge in [0, 0.05) is 24.3 Å². The molecule has 5 nitrogen and oxygen atoms in total. The molecule has 2 N–H and O–H groups in total. The van der Waals surface area contributed by atoms with Crippen molar-refractivity contribution in [1.29, 1.82) is 0 Å². The quantitative estimate of drug-likeness (QED) is 0.897. The molecule has 0 fully saturated rings. The van der Waals surface area contributed by atoms with Crippen LogP contribution < -0.4 is 5.73 Å².